The van der Waals surface area contributed by atoms with E-state index in [1.165, 1.54) is 0 Å². The summed E-state index contributed by atoms with van der Waals surface area (Å²) in [6.45, 7) is 16.4. The largest absolute Gasteiger partial charge is 0.422 e. The van der Waals surface area contributed by atoms with E-state index in [0.29, 0.717) is 5.92 Å². The zero-order valence-electron chi connectivity index (χ0n) is 9.55. The van der Waals surface area contributed by atoms with E-state index in [1.807, 2.05) is 12.2 Å². The second-order valence-electron chi connectivity index (χ2n) is 4.21. The number of hydrogen-bond donors (Lipinski definition) is 0. The standard InChI is InChI=1S/C11H22OSi/c1-7-11(8-2,9(3)4)10(5,6)12-13/h7-9H,1-2H2,3-6,13H3. The zero-order chi connectivity index (χ0) is 10.7. The van der Waals surface area contributed by atoms with Crippen LogP contribution in [0, 0.1) is 11.3 Å². The molecule has 2 heteroatoms. The summed E-state index contributed by atoms with van der Waals surface area (Å²) in [5.74, 6) is 0.450. The third-order valence-electron chi connectivity index (χ3n) is 3.18. The highest BCUT2D eigenvalue weighted by Gasteiger charge is 2.42. The minimum atomic E-state index is -0.198. The first-order valence-electron chi connectivity index (χ1n) is 4.70. The van der Waals surface area contributed by atoms with Gasteiger partial charge in [-0.15, -0.1) is 13.2 Å². The highest BCUT2D eigenvalue weighted by atomic mass is 28.2. The molecule has 0 bridgehead atoms. The van der Waals surface area contributed by atoms with Crippen LogP contribution in [0.1, 0.15) is 27.7 Å². The van der Waals surface area contributed by atoms with Gasteiger partial charge in [-0.2, -0.15) is 0 Å². The summed E-state index contributed by atoms with van der Waals surface area (Å²) in [5.41, 5.74) is -0.328. The lowest BCUT2D eigenvalue weighted by Crippen LogP contribution is -2.46. The Morgan fingerprint density at radius 3 is 1.69 bits per heavy atom. The van der Waals surface area contributed by atoms with Gasteiger partial charge in [-0.1, -0.05) is 26.0 Å². The van der Waals surface area contributed by atoms with Gasteiger partial charge in [0.15, 0.2) is 0 Å². The summed E-state index contributed by atoms with van der Waals surface area (Å²) in [7, 11) is 0.738. The van der Waals surface area contributed by atoms with Gasteiger partial charge in [0, 0.05) is 5.41 Å². The van der Waals surface area contributed by atoms with Gasteiger partial charge in [0.2, 0.25) is 0 Å². The Morgan fingerprint density at radius 1 is 1.23 bits per heavy atom. The van der Waals surface area contributed by atoms with Crippen LogP contribution in [0.5, 0.6) is 0 Å². The molecule has 0 radical (unpaired) electrons. The van der Waals surface area contributed by atoms with Crippen molar-refractivity contribution in [2.24, 2.45) is 11.3 Å². The Morgan fingerprint density at radius 2 is 1.62 bits per heavy atom. The van der Waals surface area contributed by atoms with Gasteiger partial charge in [0.1, 0.15) is 10.5 Å². The lowest BCUT2D eigenvalue weighted by molar-refractivity contribution is 0.00684. The molecule has 0 fully saturated rings. The van der Waals surface area contributed by atoms with Crippen molar-refractivity contribution in [2.45, 2.75) is 33.3 Å². The fourth-order valence-corrected chi connectivity index (χ4v) is 2.27. The van der Waals surface area contributed by atoms with E-state index >= 15 is 0 Å². The SMILES string of the molecule is C=CC(C=C)(C(C)C)C(C)(C)O[SiH3]. The monoisotopic (exact) mass is 198 g/mol. The van der Waals surface area contributed by atoms with E-state index < -0.39 is 0 Å². The van der Waals surface area contributed by atoms with Crippen molar-refractivity contribution in [3.8, 4) is 0 Å². The molecule has 0 N–H and O–H groups in total. The van der Waals surface area contributed by atoms with Crippen molar-refractivity contribution >= 4 is 10.5 Å². The molecule has 0 aliphatic rings. The molecule has 0 unspecified atom stereocenters. The summed E-state index contributed by atoms with van der Waals surface area (Å²) in [6, 6.07) is 0. The smallest absolute Gasteiger partial charge is 0.146 e. The van der Waals surface area contributed by atoms with E-state index in [-0.39, 0.29) is 11.0 Å². The summed E-state index contributed by atoms with van der Waals surface area (Å²) in [6.07, 6.45) is 3.92. The molecule has 0 rings (SSSR count). The van der Waals surface area contributed by atoms with Gasteiger partial charge in [0.05, 0.1) is 5.60 Å². The molecule has 0 heterocycles. The summed E-state index contributed by atoms with van der Waals surface area (Å²) in [5, 5.41) is 0. The van der Waals surface area contributed by atoms with Gasteiger partial charge in [0.25, 0.3) is 0 Å². The molecule has 0 saturated heterocycles. The van der Waals surface area contributed by atoms with Crippen LogP contribution < -0.4 is 0 Å². The Kier molecular flexibility index (Phi) is 4.13. The summed E-state index contributed by atoms with van der Waals surface area (Å²) < 4.78 is 5.64. The minimum Gasteiger partial charge on any atom is -0.422 e. The molecule has 0 saturated carbocycles. The maximum absolute atomic E-state index is 5.64. The van der Waals surface area contributed by atoms with E-state index in [9.17, 15) is 0 Å². The van der Waals surface area contributed by atoms with Crippen LogP contribution in [0.3, 0.4) is 0 Å². The molecular formula is C11H22OSi. The normalized spacial score (nSPS) is 13.3. The lowest BCUT2D eigenvalue weighted by Gasteiger charge is -2.45. The topological polar surface area (TPSA) is 9.23 Å². The maximum atomic E-state index is 5.64. The van der Waals surface area contributed by atoms with Crippen LogP contribution in [0.2, 0.25) is 0 Å². The van der Waals surface area contributed by atoms with Crippen molar-refractivity contribution in [3.63, 3.8) is 0 Å². The van der Waals surface area contributed by atoms with Gasteiger partial charge in [-0.25, -0.2) is 0 Å². The fourth-order valence-electron chi connectivity index (χ4n) is 1.92. The first kappa shape index (κ1) is 12.7. The highest BCUT2D eigenvalue weighted by molar-refractivity contribution is 5.98. The second kappa shape index (κ2) is 4.25. The summed E-state index contributed by atoms with van der Waals surface area (Å²) >= 11 is 0. The number of hydrogen-bond acceptors (Lipinski definition) is 1. The van der Waals surface area contributed by atoms with Crippen LogP contribution in [0.15, 0.2) is 25.3 Å². The quantitative estimate of drug-likeness (QED) is 0.485. The van der Waals surface area contributed by atoms with Crippen LogP contribution in [0.25, 0.3) is 0 Å². The van der Waals surface area contributed by atoms with E-state index in [1.54, 1.807) is 0 Å². The molecule has 13 heavy (non-hydrogen) atoms. The van der Waals surface area contributed by atoms with Crippen LogP contribution in [0.4, 0.5) is 0 Å². The Hall–Kier alpha value is -0.343. The fraction of sp³-hybridized carbons (Fsp3) is 0.636. The van der Waals surface area contributed by atoms with Crippen LogP contribution in [-0.2, 0) is 4.43 Å². The van der Waals surface area contributed by atoms with Crippen LogP contribution in [-0.4, -0.2) is 16.1 Å². The highest BCUT2D eigenvalue weighted by Crippen LogP contribution is 2.42. The predicted octanol–water partition coefficient (Wildman–Crippen LogP) is 2.08. The Labute approximate surface area is 85.4 Å². The Balaban J connectivity index is 5.20. The van der Waals surface area contributed by atoms with Crippen molar-refractivity contribution in [1.29, 1.82) is 0 Å². The van der Waals surface area contributed by atoms with Gasteiger partial charge in [-0.05, 0) is 19.8 Å². The van der Waals surface area contributed by atoms with Gasteiger partial charge in [-0.3, -0.25) is 0 Å². The minimum absolute atomic E-state index is 0.130. The number of rotatable bonds is 5. The first-order chi connectivity index (χ1) is 5.88. The molecule has 1 nitrogen and oxygen atoms in total. The van der Waals surface area contributed by atoms with E-state index in [0.717, 1.165) is 10.5 Å². The molecule has 0 aliphatic heterocycles. The van der Waals surface area contributed by atoms with Crippen LogP contribution >= 0.6 is 0 Å². The Bertz CT molecular complexity index is 186. The predicted molar refractivity (Wildman–Crippen MR) is 62.8 cm³/mol. The molecule has 0 aromatic carbocycles. The van der Waals surface area contributed by atoms with Gasteiger partial charge < -0.3 is 4.43 Å². The first-order valence-corrected chi connectivity index (χ1v) is 5.52. The molecule has 0 aliphatic carbocycles. The molecular weight excluding hydrogens is 176 g/mol. The molecule has 0 spiro atoms. The van der Waals surface area contributed by atoms with Crippen molar-refractivity contribution < 1.29 is 4.43 Å². The lowest BCUT2D eigenvalue weighted by atomic mass is 9.66. The van der Waals surface area contributed by atoms with Crippen molar-refractivity contribution in [1.82, 2.24) is 0 Å². The van der Waals surface area contributed by atoms with E-state index in [2.05, 4.69) is 40.9 Å². The zero-order valence-corrected chi connectivity index (χ0v) is 11.6. The average Bonchev–Trinajstić information content (AvgIpc) is 2.06. The molecule has 0 atom stereocenters. The average molecular weight is 198 g/mol. The third-order valence-corrected chi connectivity index (χ3v) is 4.20. The van der Waals surface area contributed by atoms with Crippen molar-refractivity contribution in [3.05, 3.63) is 25.3 Å². The molecule has 76 valence electrons. The maximum Gasteiger partial charge on any atom is 0.146 e. The van der Waals surface area contributed by atoms with Gasteiger partial charge >= 0.3 is 0 Å². The second-order valence-corrected chi connectivity index (χ2v) is 4.62. The summed E-state index contributed by atoms with van der Waals surface area (Å²) in [4.78, 5) is 0. The molecule has 0 amide bonds. The molecule has 0 aromatic rings. The third kappa shape index (κ3) is 1.94. The van der Waals surface area contributed by atoms with E-state index in [4.69, 9.17) is 4.43 Å². The van der Waals surface area contributed by atoms with Crippen molar-refractivity contribution in [2.75, 3.05) is 0 Å². The molecule has 0 aromatic heterocycles.